The summed E-state index contributed by atoms with van der Waals surface area (Å²) in [7, 11) is -3.18. The van der Waals surface area contributed by atoms with Gasteiger partial charge in [-0.1, -0.05) is 31.1 Å². The van der Waals surface area contributed by atoms with Crippen LogP contribution in [0.1, 0.15) is 43.4 Å². The molecule has 7 nitrogen and oxygen atoms in total. The van der Waals surface area contributed by atoms with E-state index in [1.165, 1.54) is 6.26 Å². The molecule has 0 aliphatic carbocycles. The van der Waals surface area contributed by atoms with Crippen molar-refractivity contribution >= 4 is 15.8 Å². The first-order valence-corrected chi connectivity index (χ1v) is 11.1. The van der Waals surface area contributed by atoms with Gasteiger partial charge in [0.2, 0.25) is 0 Å². The summed E-state index contributed by atoms with van der Waals surface area (Å²) in [5.41, 5.74) is 2.99. The van der Waals surface area contributed by atoms with E-state index in [1.54, 1.807) is 24.3 Å². The van der Waals surface area contributed by atoms with Crippen molar-refractivity contribution in [3.63, 3.8) is 0 Å². The third-order valence-corrected chi connectivity index (χ3v) is 5.28. The predicted molar refractivity (Wildman–Crippen MR) is 106 cm³/mol. The number of aryl methyl sites for hydroxylation is 2. The molecule has 2 rings (SSSR count). The third-order valence-electron chi connectivity index (χ3n) is 4.16. The third kappa shape index (κ3) is 5.82. The molecule has 27 heavy (non-hydrogen) atoms. The highest BCUT2D eigenvalue weighted by atomic mass is 32.2. The highest BCUT2D eigenvalue weighted by Crippen LogP contribution is 2.15. The van der Waals surface area contributed by atoms with E-state index in [-0.39, 0.29) is 0 Å². The number of guanidine groups is 1. The maximum atomic E-state index is 11.5. The Bertz CT molecular complexity index is 849. The van der Waals surface area contributed by atoms with Gasteiger partial charge in [0.1, 0.15) is 5.76 Å². The monoisotopic (exact) mass is 392 g/mol. The predicted octanol–water partition coefficient (Wildman–Crippen LogP) is 2.46. The van der Waals surface area contributed by atoms with E-state index in [0.717, 1.165) is 42.0 Å². The van der Waals surface area contributed by atoms with Crippen molar-refractivity contribution in [3.05, 3.63) is 46.8 Å². The SMILES string of the molecule is CCNC(=NCc1ccc(S(C)(=O)=O)cc1)NCc1c(CC)noc1CC. The van der Waals surface area contributed by atoms with Gasteiger partial charge in [0, 0.05) is 31.3 Å². The maximum absolute atomic E-state index is 11.5. The number of hydrogen-bond acceptors (Lipinski definition) is 5. The summed E-state index contributed by atoms with van der Waals surface area (Å²) in [6.07, 6.45) is 2.82. The molecule has 0 aliphatic rings. The second-order valence-electron chi connectivity index (χ2n) is 6.20. The summed E-state index contributed by atoms with van der Waals surface area (Å²) in [6.45, 7) is 7.89. The highest BCUT2D eigenvalue weighted by molar-refractivity contribution is 7.90. The van der Waals surface area contributed by atoms with Crippen molar-refractivity contribution < 1.29 is 12.9 Å². The molecule has 0 saturated carbocycles. The fourth-order valence-electron chi connectivity index (χ4n) is 2.66. The smallest absolute Gasteiger partial charge is 0.191 e. The molecule has 0 saturated heterocycles. The normalized spacial score (nSPS) is 12.2. The van der Waals surface area contributed by atoms with Gasteiger partial charge in [-0.25, -0.2) is 13.4 Å². The summed E-state index contributed by atoms with van der Waals surface area (Å²) >= 11 is 0. The Morgan fingerprint density at radius 2 is 1.81 bits per heavy atom. The number of aromatic nitrogens is 1. The lowest BCUT2D eigenvalue weighted by atomic mass is 10.1. The van der Waals surface area contributed by atoms with Crippen LogP contribution in [0.5, 0.6) is 0 Å². The number of benzene rings is 1. The molecule has 2 aromatic rings. The fraction of sp³-hybridized carbons (Fsp3) is 0.474. The molecule has 0 atom stereocenters. The molecule has 0 fully saturated rings. The molecule has 1 aromatic heterocycles. The van der Waals surface area contributed by atoms with Gasteiger partial charge in [0.15, 0.2) is 15.8 Å². The fourth-order valence-corrected chi connectivity index (χ4v) is 3.29. The topological polar surface area (TPSA) is 96.6 Å². The molecule has 2 N–H and O–H groups in total. The molecule has 8 heteroatoms. The van der Waals surface area contributed by atoms with E-state index in [2.05, 4.69) is 27.7 Å². The van der Waals surface area contributed by atoms with Crippen molar-refractivity contribution in [3.8, 4) is 0 Å². The van der Waals surface area contributed by atoms with Crippen LogP contribution in [-0.2, 0) is 35.8 Å². The molecule has 148 valence electrons. The molecule has 0 spiro atoms. The average molecular weight is 393 g/mol. The maximum Gasteiger partial charge on any atom is 0.191 e. The quantitative estimate of drug-likeness (QED) is 0.529. The van der Waals surface area contributed by atoms with Crippen molar-refractivity contribution in [2.24, 2.45) is 4.99 Å². The van der Waals surface area contributed by atoms with E-state index in [1.807, 2.05) is 13.8 Å². The van der Waals surface area contributed by atoms with Crippen LogP contribution in [0.4, 0.5) is 0 Å². The standard InChI is InChI=1S/C19H28N4O3S/c1-5-17-16(18(6-2)26-23-17)13-22-19(20-7-3)21-12-14-8-10-15(11-9-14)27(4,24)25/h8-11H,5-7,12-13H2,1-4H3,(H2,20,21,22). The molecule has 1 aromatic carbocycles. The Morgan fingerprint density at radius 1 is 1.11 bits per heavy atom. The molecule has 0 unspecified atom stereocenters. The molecule has 0 radical (unpaired) electrons. The van der Waals surface area contributed by atoms with Crippen molar-refractivity contribution in [2.45, 2.75) is 51.6 Å². The lowest BCUT2D eigenvalue weighted by molar-refractivity contribution is 0.380. The van der Waals surface area contributed by atoms with Crippen LogP contribution in [0.15, 0.2) is 38.7 Å². The zero-order valence-electron chi connectivity index (χ0n) is 16.4. The van der Waals surface area contributed by atoms with Crippen LogP contribution < -0.4 is 10.6 Å². The summed E-state index contributed by atoms with van der Waals surface area (Å²) in [5.74, 6) is 1.58. The van der Waals surface area contributed by atoms with Gasteiger partial charge in [-0.05, 0) is 31.0 Å². The van der Waals surface area contributed by atoms with Crippen LogP contribution in [0, 0.1) is 0 Å². The molecule has 1 heterocycles. The second kappa shape index (κ2) is 9.55. The minimum absolute atomic E-state index is 0.312. The van der Waals surface area contributed by atoms with Crippen LogP contribution in [0.2, 0.25) is 0 Å². The number of rotatable bonds is 8. The van der Waals surface area contributed by atoms with Gasteiger partial charge >= 0.3 is 0 Å². The number of sulfone groups is 1. The van der Waals surface area contributed by atoms with E-state index in [4.69, 9.17) is 4.52 Å². The van der Waals surface area contributed by atoms with Gasteiger partial charge in [-0.3, -0.25) is 0 Å². The van der Waals surface area contributed by atoms with E-state index >= 15 is 0 Å². The minimum Gasteiger partial charge on any atom is -0.361 e. The molecule has 0 aliphatic heterocycles. The van der Waals surface area contributed by atoms with Crippen LogP contribution >= 0.6 is 0 Å². The number of nitrogens with one attached hydrogen (secondary N) is 2. The molecular weight excluding hydrogens is 364 g/mol. The van der Waals surface area contributed by atoms with Crippen molar-refractivity contribution in [2.75, 3.05) is 12.8 Å². The first-order valence-electron chi connectivity index (χ1n) is 9.16. The van der Waals surface area contributed by atoms with Gasteiger partial charge in [0.25, 0.3) is 0 Å². The summed E-state index contributed by atoms with van der Waals surface area (Å²) in [4.78, 5) is 4.89. The number of hydrogen-bond donors (Lipinski definition) is 2. The Labute approximate surface area is 161 Å². The van der Waals surface area contributed by atoms with E-state index in [9.17, 15) is 8.42 Å². The largest absolute Gasteiger partial charge is 0.361 e. The average Bonchev–Trinajstić information content (AvgIpc) is 3.05. The number of aliphatic imine (C=N–C) groups is 1. The Morgan fingerprint density at radius 3 is 2.37 bits per heavy atom. The first kappa shape index (κ1) is 21.0. The lowest BCUT2D eigenvalue weighted by Crippen LogP contribution is -2.37. The van der Waals surface area contributed by atoms with E-state index < -0.39 is 9.84 Å². The van der Waals surface area contributed by atoms with Crippen molar-refractivity contribution in [1.29, 1.82) is 0 Å². The summed E-state index contributed by atoms with van der Waals surface area (Å²) < 4.78 is 28.5. The van der Waals surface area contributed by atoms with Gasteiger partial charge in [-0.15, -0.1) is 0 Å². The Hall–Kier alpha value is -2.35. The summed E-state index contributed by atoms with van der Waals surface area (Å²) in [5, 5.41) is 10.7. The van der Waals surface area contributed by atoms with Crippen LogP contribution in [-0.4, -0.2) is 32.3 Å². The Kier molecular flexibility index (Phi) is 7.41. The molecule has 0 amide bonds. The second-order valence-corrected chi connectivity index (χ2v) is 8.22. The van der Waals surface area contributed by atoms with E-state index in [0.29, 0.717) is 23.9 Å². The van der Waals surface area contributed by atoms with Gasteiger partial charge in [0.05, 0.1) is 17.1 Å². The lowest BCUT2D eigenvalue weighted by Gasteiger charge is -2.12. The Balaban J connectivity index is 2.07. The van der Waals surface area contributed by atoms with Gasteiger partial charge < -0.3 is 15.2 Å². The minimum atomic E-state index is -3.18. The zero-order valence-corrected chi connectivity index (χ0v) is 17.2. The summed E-state index contributed by atoms with van der Waals surface area (Å²) in [6, 6.07) is 6.79. The number of nitrogens with zero attached hydrogens (tertiary/aromatic N) is 2. The highest BCUT2D eigenvalue weighted by Gasteiger charge is 2.13. The van der Waals surface area contributed by atoms with Crippen LogP contribution in [0.3, 0.4) is 0 Å². The molecule has 0 bridgehead atoms. The van der Waals surface area contributed by atoms with Crippen LogP contribution in [0.25, 0.3) is 0 Å². The first-order chi connectivity index (χ1) is 12.9. The zero-order chi connectivity index (χ0) is 19.9. The van der Waals surface area contributed by atoms with Gasteiger partial charge in [-0.2, -0.15) is 0 Å². The van der Waals surface area contributed by atoms with Crippen molar-refractivity contribution in [1.82, 2.24) is 15.8 Å². The molecular formula is C19H28N4O3S.